The Hall–Kier alpha value is -0.0800. The third kappa shape index (κ3) is 2.36. The molecule has 3 rings (SSSR count). The average Bonchev–Trinajstić information content (AvgIpc) is 3.11. The smallest absolute Gasteiger partial charge is 0.0124 e. The van der Waals surface area contributed by atoms with Gasteiger partial charge in [-0.1, -0.05) is 0 Å². The van der Waals surface area contributed by atoms with Gasteiger partial charge >= 0.3 is 0 Å². The van der Waals surface area contributed by atoms with Crippen molar-refractivity contribution in [3.8, 4) is 0 Å². The summed E-state index contributed by atoms with van der Waals surface area (Å²) in [7, 11) is 0. The third-order valence-corrected chi connectivity index (χ3v) is 4.56. The lowest BCUT2D eigenvalue weighted by molar-refractivity contribution is 0.358. The predicted octanol–water partition coefficient (Wildman–Crippen LogP) is 1.76. The van der Waals surface area contributed by atoms with E-state index in [9.17, 15) is 0 Å². The molecule has 2 N–H and O–H groups in total. The maximum absolute atomic E-state index is 3.88. The summed E-state index contributed by atoms with van der Waals surface area (Å²) >= 11 is 0. The molecule has 0 aromatic rings. The highest BCUT2D eigenvalue weighted by molar-refractivity contribution is 4.97. The summed E-state index contributed by atoms with van der Waals surface area (Å²) in [5, 5.41) is 7.42. The highest BCUT2D eigenvalue weighted by atomic mass is 15.0. The van der Waals surface area contributed by atoms with E-state index < -0.39 is 0 Å². The minimum absolute atomic E-state index is 0.733. The molecule has 1 heterocycles. The Morgan fingerprint density at radius 1 is 1.13 bits per heavy atom. The second-order valence-corrected chi connectivity index (χ2v) is 5.90. The lowest BCUT2D eigenvalue weighted by Gasteiger charge is -2.22. The van der Waals surface area contributed by atoms with Crippen molar-refractivity contribution in [2.45, 2.75) is 51.1 Å². The van der Waals surface area contributed by atoms with Crippen molar-refractivity contribution >= 4 is 0 Å². The number of rotatable bonds is 5. The van der Waals surface area contributed by atoms with Crippen LogP contribution >= 0.6 is 0 Å². The highest BCUT2D eigenvalue weighted by Gasteiger charge is 2.41. The van der Waals surface area contributed by atoms with Gasteiger partial charge in [-0.25, -0.2) is 0 Å². The molecular formula is C13H24N2. The summed E-state index contributed by atoms with van der Waals surface area (Å²) in [5.41, 5.74) is 0. The third-order valence-electron chi connectivity index (χ3n) is 4.56. The van der Waals surface area contributed by atoms with Crippen LogP contribution in [0.3, 0.4) is 0 Å². The Kier molecular flexibility index (Phi) is 2.73. The molecule has 0 radical (unpaired) electrons. The van der Waals surface area contributed by atoms with Crippen LogP contribution in [0.4, 0.5) is 0 Å². The number of hydrogen-bond donors (Lipinski definition) is 2. The first kappa shape index (κ1) is 10.1. The Morgan fingerprint density at radius 2 is 1.80 bits per heavy atom. The lowest BCUT2D eigenvalue weighted by Crippen LogP contribution is -2.39. The Labute approximate surface area is 93.2 Å². The van der Waals surface area contributed by atoms with E-state index in [1.165, 1.54) is 45.2 Å². The van der Waals surface area contributed by atoms with Crippen LogP contribution in [0.5, 0.6) is 0 Å². The molecule has 3 aliphatic rings. The lowest BCUT2D eigenvalue weighted by atomic mass is 10.0. The Morgan fingerprint density at radius 3 is 2.27 bits per heavy atom. The predicted molar refractivity (Wildman–Crippen MR) is 62.8 cm³/mol. The van der Waals surface area contributed by atoms with Crippen molar-refractivity contribution in [2.75, 3.05) is 13.1 Å². The number of hydrogen-bond acceptors (Lipinski definition) is 2. The summed E-state index contributed by atoms with van der Waals surface area (Å²) < 4.78 is 0. The Bertz CT molecular complexity index is 209. The molecule has 2 nitrogen and oxygen atoms in total. The van der Waals surface area contributed by atoms with Crippen LogP contribution in [-0.4, -0.2) is 25.2 Å². The molecule has 0 spiro atoms. The van der Waals surface area contributed by atoms with Crippen molar-refractivity contribution in [1.29, 1.82) is 0 Å². The normalized spacial score (nSPS) is 36.4. The van der Waals surface area contributed by atoms with E-state index in [4.69, 9.17) is 0 Å². The first-order valence-corrected chi connectivity index (χ1v) is 6.81. The van der Waals surface area contributed by atoms with Gasteiger partial charge < -0.3 is 10.6 Å². The molecule has 2 unspecified atom stereocenters. The molecule has 2 heteroatoms. The largest absolute Gasteiger partial charge is 0.314 e. The van der Waals surface area contributed by atoms with Gasteiger partial charge in [0, 0.05) is 12.1 Å². The summed E-state index contributed by atoms with van der Waals surface area (Å²) in [6.45, 7) is 4.82. The zero-order valence-corrected chi connectivity index (χ0v) is 9.84. The maximum Gasteiger partial charge on any atom is 0.0124 e. The minimum Gasteiger partial charge on any atom is -0.314 e. The van der Waals surface area contributed by atoms with E-state index in [-0.39, 0.29) is 0 Å². The van der Waals surface area contributed by atoms with Crippen molar-refractivity contribution in [3.05, 3.63) is 0 Å². The quantitative estimate of drug-likeness (QED) is 0.719. The first-order valence-electron chi connectivity index (χ1n) is 6.81. The van der Waals surface area contributed by atoms with Gasteiger partial charge in [0.05, 0.1) is 0 Å². The SMILES string of the molecule is CC1NCCC1CNC(C1CC1)C1CC1. The van der Waals surface area contributed by atoms with Gasteiger partial charge in [0.1, 0.15) is 0 Å². The molecule has 0 bridgehead atoms. The molecule has 0 aromatic carbocycles. The molecule has 2 saturated carbocycles. The second-order valence-electron chi connectivity index (χ2n) is 5.90. The molecule has 2 atom stereocenters. The van der Waals surface area contributed by atoms with Crippen LogP contribution in [0, 0.1) is 17.8 Å². The molecule has 86 valence electrons. The zero-order chi connectivity index (χ0) is 10.3. The summed E-state index contributed by atoms with van der Waals surface area (Å²) in [6, 6.07) is 1.62. The van der Waals surface area contributed by atoms with Gasteiger partial charge in [0.25, 0.3) is 0 Å². The fourth-order valence-corrected chi connectivity index (χ4v) is 3.11. The summed E-state index contributed by atoms with van der Waals surface area (Å²) in [5.74, 6) is 2.97. The van der Waals surface area contributed by atoms with Gasteiger partial charge in [-0.15, -0.1) is 0 Å². The second kappa shape index (κ2) is 4.06. The summed E-state index contributed by atoms with van der Waals surface area (Å²) in [6.07, 6.45) is 7.34. The van der Waals surface area contributed by atoms with E-state index in [1.807, 2.05) is 0 Å². The van der Waals surface area contributed by atoms with Gasteiger partial charge in [-0.2, -0.15) is 0 Å². The molecule has 3 fully saturated rings. The van der Waals surface area contributed by atoms with Crippen molar-refractivity contribution < 1.29 is 0 Å². The topological polar surface area (TPSA) is 24.1 Å². The van der Waals surface area contributed by atoms with Crippen molar-refractivity contribution in [3.63, 3.8) is 0 Å². The monoisotopic (exact) mass is 208 g/mol. The van der Waals surface area contributed by atoms with Crippen molar-refractivity contribution in [2.24, 2.45) is 17.8 Å². The fourth-order valence-electron chi connectivity index (χ4n) is 3.11. The van der Waals surface area contributed by atoms with Crippen molar-refractivity contribution in [1.82, 2.24) is 10.6 Å². The zero-order valence-electron chi connectivity index (χ0n) is 9.84. The van der Waals surface area contributed by atoms with E-state index in [2.05, 4.69) is 17.6 Å². The first-order chi connectivity index (χ1) is 7.34. The van der Waals surface area contributed by atoms with Crippen LogP contribution in [0.1, 0.15) is 39.0 Å². The Balaban J connectivity index is 1.46. The molecule has 1 saturated heterocycles. The molecular weight excluding hydrogens is 184 g/mol. The molecule has 0 amide bonds. The minimum atomic E-state index is 0.733. The van der Waals surface area contributed by atoms with Crippen LogP contribution in [-0.2, 0) is 0 Å². The molecule has 2 aliphatic carbocycles. The van der Waals surface area contributed by atoms with E-state index in [0.717, 1.165) is 29.8 Å². The maximum atomic E-state index is 3.88. The van der Waals surface area contributed by atoms with Crippen LogP contribution in [0.25, 0.3) is 0 Å². The fraction of sp³-hybridized carbons (Fsp3) is 1.00. The van der Waals surface area contributed by atoms with E-state index >= 15 is 0 Å². The van der Waals surface area contributed by atoms with E-state index in [1.54, 1.807) is 0 Å². The average molecular weight is 208 g/mol. The molecule has 0 aromatic heterocycles. The molecule has 15 heavy (non-hydrogen) atoms. The van der Waals surface area contributed by atoms with E-state index in [0.29, 0.717) is 0 Å². The van der Waals surface area contributed by atoms with Gasteiger partial charge in [-0.3, -0.25) is 0 Å². The van der Waals surface area contributed by atoms with Gasteiger partial charge in [0.2, 0.25) is 0 Å². The highest BCUT2D eigenvalue weighted by Crippen LogP contribution is 2.44. The standard InChI is InChI=1S/C13H24N2/c1-9-12(6-7-14-9)8-15-13(10-2-3-10)11-4-5-11/h9-15H,2-8H2,1H3. The number of nitrogens with one attached hydrogen (secondary N) is 2. The van der Waals surface area contributed by atoms with Crippen LogP contribution < -0.4 is 10.6 Å². The van der Waals surface area contributed by atoms with Crippen LogP contribution in [0.2, 0.25) is 0 Å². The van der Waals surface area contributed by atoms with Gasteiger partial charge in [-0.05, 0) is 69.9 Å². The summed E-state index contributed by atoms with van der Waals surface area (Å²) in [4.78, 5) is 0. The molecule has 1 aliphatic heterocycles. The van der Waals surface area contributed by atoms with Crippen LogP contribution in [0.15, 0.2) is 0 Å². The van der Waals surface area contributed by atoms with Gasteiger partial charge in [0.15, 0.2) is 0 Å².